The lowest BCUT2D eigenvalue weighted by molar-refractivity contribution is 2.07. The molecule has 1 heterocycles. The highest BCUT2D eigenvalue weighted by Gasteiger charge is 1.92. The van der Waals surface area contributed by atoms with Gasteiger partial charge in [-0.05, 0) is 5.38 Å². The second-order valence-corrected chi connectivity index (χ2v) is 4.59. The first-order valence-electron chi connectivity index (χ1n) is 2.02. The minimum atomic E-state index is -0.376. The van der Waals surface area contributed by atoms with Crippen LogP contribution in [0.25, 0.3) is 0 Å². The summed E-state index contributed by atoms with van der Waals surface area (Å²) in [4.78, 5) is 0. The van der Waals surface area contributed by atoms with E-state index in [1.807, 2.05) is 6.07 Å². The van der Waals surface area contributed by atoms with Gasteiger partial charge in [-0.2, -0.15) is 11.3 Å². The monoisotopic (exact) mass is 142 g/mol. The van der Waals surface area contributed by atoms with Crippen molar-refractivity contribution in [3.8, 4) is 0 Å². The molecule has 0 aliphatic rings. The zero-order valence-electron chi connectivity index (χ0n) is 3.73. The Morgan fingerprint density at radius 1 is 1.71 bits per heavy atom. The molecule has 1 aromatic rings. The lowest BCUT2D eigenvalue weighted by atomic mass is 10.7. The van der Waals surface area contributed by atoms with Crippen LogP contribution >= 0.6 is 20.4 Å². The summed E-state index contributed by atoms with van der Waals surface area (Å²) in [5.74, 6) is 0. The van der Waals surface area contributed by atoms with Crippen LogP contribution in [0, 0.1) is 0 Å². The van der Waals surface area contributed by atoms with Gasteiger partial charge in [0, 0.05) is 0 Å². The van der Waals surface area contributed by atoms with E-state index < -0.39 is 0 Å². The van der Waals surface area contributed by atoms with E-state index in [2.05, 4.69) is 11.4 Å². The van der Waals surface area contributed by atoms with E-state index in [9.17, 15) is 0 Å². The fraction of sp³-hybridized carbons (Fsp3) is 0. The molecule has 0 unspecified atom stereocenters. The van der Waals surface area contributed by atoms with E-state index in [0.29, 0.717) is 0 Å². The standard InChI is InChI=1S/C4H3S.ClH.Mg/c1-2-4-5-3-1;;/h1-3H;1H;/q;;+1/p-1. The minimum Gasteiger partial charge on any atom is -0.334 e. The number of hydrogen-bond acceptors (Lipinski definition) is 1. The number of halogens is 1. The van der Waals surface area contributed by atoms with Gasteiger partial charge in [0.15, 0.2) is 0 Å². The average molecular weight is 143 g/mol. The van der Waals surface area contributed by atoms with Crippen LogP contribution in [-0.2, 0) is 0 Å². The Kier molecular flexibility index (Phi) is 2.45. The lowest BCUT2D eigenvalue weighted by Crippen LogP contribution is -1.98. The van der Waals surface area contributed by atoms with Crippen LogP contribution in [0.5, 0.6) is 0 Å². The van der Waals surface area contributed by atoms with E-state index in [1.54, 1.807) is 11.3 Å². The molecule has 0 radical (unpaired) electrons. The molecule has 0 aliphatic heterocycles. The van der Waals surface area contributed by atoms with Gasteiger partial charge in [-0.15, -0.1) is 0 Å². The summed E-state index contributed by atoms with van der Waals surface area (Å²) in [5, 5.41) is 2.06. The highest BCUT2D eigenvalue weighted by atomic mass is 35.5. The van der Waals surface area contributed by atoms with E-state index in [4.69, 9.17) is 9.07 Å². The van der Waals surface area contributed by atoms with E-state index in [-0.39, 0.29) is 19.3 Å². The Hall–Kier alpha value is 0.756. The zero-order chi connectivity index (χ0) is 5.11. The van der Waals surface area contributed by atoms with Crippen molar-refractivity contribution in [2.75, 3.05) is 0 Å². The summed E-state index contributed by atoms with van der Waals surface area (Å²) in [6, 6.07) is 4.12. The third-order valence-corrected chi connectivity index (χ3v) is 4.22. The predicted octanol–water partition coefficient (Wildman–Crippen LogP) is 1.23. The van der Waals surface area contributed by atoms with Crippen LogP contribution in [0.2, 0.25) is 0 Å². The van der Waals surface area contributed by atoms with Crippen molar-refractivity contribution in [3.63, 3.8) is 0 Å². The molecule has 1 rings (SSSR count). The number of thiophene rings is 1. The Morgan fingerprint density at radius 3 is 2.86 bits per heavy atom. The molecule has 7 heavy (non-hydrogen) atoms. The molecule has 0 saturated heterocycles. The third-order valence-electron chi connectivity index (χ3n) is 0.712. The van der Waals surface area contributed by atoms with Crippen molar-refractivity contribution in [2.24, 2.45) is 0 Å². The smallest absolute Gasteiger partial charge is 0.334 e. The maximum Gasteiger partial charge on any atom is 0.551 e. The predicted molar refractivity (Wildman–Crippen MR) is 35.6 cm³/mol. The third kappa shape index (κ3) is 1.61. The van der Waals surface area contributed by atoms with Gasteiger partial charge in [0.1, 0.15) is 0 Å². The van der Waals surface area contributed by atoms with Crippen LogP contribution in [0.3, 0.4) is 0 Å². The number of hydrogen-bond donors (Lipinski definition) is 0. The van der Waals surface area contributed by atoms with Crippen LogP contribution in [0.4, 0.5) is 0 Å². The minimum absolute atomic E-state index is 0.376. The summed E-state index contributed by atoms with van der Waals surface area (Å²) in [6.45, 7) is 0. The molecule has 0 bridgehead atoms. The Bertz CT molecular complexity index is 126. The molecule has 0 N–H and O–H groups in total. The van der Waals surface area contributed by atoms with Gasteiger partial charge < -0.3 is 9.07 Å². The van der Waals surface area contributed by atoms with Crippen molar-refractivity contribution in [1.29, 1.82) is 0 Å². The average Bonchev–Trinajstić information content (AvgIpc) is 2.14. The second kappa shape index (κ2) is 2.92. The normalized spacial score (nSPS) is 8.14. The van der Waals surface area contributed by atoms with Crippen molar-refractivity contribution >= 4 is 42.7 Å². The zero-order valence-corrected chi connectivity index (χ0v) is 6.71. The number of rotatable bonds is 1. The summed E-state index contributed by atoms with van der Waals surface area (Å²) in [5.41, 5.74) is 0. The molecule has 0 atom stereocenters. The highest BCUT2D eigenvalue weighted by Crippen LogP contribution is 1.91. The molecule has 3 heteroatoms. The fourth-order valence-corrected chi connectivity index (χ4v) is 2.48. The molecule has 0 spiro atoms. The van der Waals surface area contributed by atoms with Crippen molar-refractivity contribution in [3.05, 3.63) is 17.5 Å². The summed E-state index contributed by atoms with van der Waals surface area (Å²) in [7, 11) is 5.62. The van der Waals surface area contributed by atoms with E-state index in [0.717, 1.165) is 0 Å². The van der Waals surface area contributed by atoms with Crippen molar-refractivity contribution in [1.82, 2.24) is 0 Å². The quantitative estimate of drug-likeness (QED) is 0.518. The van der Waals surface area contributed by atoms with Crippen LogP contribution < -0.4 is 3.01 Å². The van der Waals surface area contributed by atoms with Gasteiger partial charge >= 0.3 is 19.3 Å². The SMILES string of the molecule is [Cl][Mg][c]1cccs1. The van der Waals surface area contributed by atoms with Crippen molar-refractivity contribution in [2.45, 2.75) is 0 Å². The molecule has 1 aromatic heterocycles. The van der Waals surface area contributed by atoms with Crippen molar-refractivity contribution < 1.29 is 0 Å². The fourth-order valence-electron chi connectivity index (χ4n) is 0.389. The van der Waals surface area contributed by atoms with Crippen LogP contribution in [-0.4, -0.2) is 19.3 Å². The lowest BCUT2D eigenvalue weighted by Gasteiger charge is -1.73. The molecule has 0 fully saturated rings. The first-order valence-corrected chi connectivity index (χ1v) is 5.74. The maximum absolute atomic E-state index is 5.62. The molecule has 0 aliphatic carbocycles. The molecule has 0 saturated carbocycles. The second-order valence-electron chi connectivity index (χ2n) is 1.21. The summed E-state index contributed by atoms with van der Waals surface area (Å²) < 4.78 is 1.38. The van der Waals surface area contributed by atoms with E-state index >= 15 is 0 Å². The summed E-state index contributed by atoms with van der Waals surface area (Å²) in [6.07, 6.45) is 0. The Balaban J connectivity index is 2.76. The van der Waals surface area contributed by atoms with E-state index in [1.165, 1.54) is 3.01 Å². The Labute approximate surface area is 60.0 Å². The van der Waals surface area contributed by atoms with Gasteiger partial charge in [-0.1, -0.05) is 15.1 Å². The van der Waals surface area contributed by atoms with Gasteiger partial charge in [-0.3, -0.25) is 0 Å². The molecule has 0 nitrogen and oxygen atoms in total. The summed E-state index contributed by atoms with van der Waals surface area (Å²) >= 11 is 1.38. The molecular formula is C4H3ClMgS. The van der Waals surface area contributed by atoms with Gasteiger partial charge in [0.2, 0.25) is 0 Å². The molecular weight excluding hydrogens is 140 g/mol. The first-order chi connectivity index (χ1) is 3.43. The highest BCUT2D eigenvalue weighted by molar-refractivity contribution is 7.26. The Morgan fingerprint density at radius 2 is 2.57 bits per heavy atom. The van der Waals surface area contributed by atoms with Gasteiger partial charge in [-0.25, -0.2) is 0 Å². The van der Waals surface area contributed by atoms with Crippen LogP contribution in [0.1, 0.15) is 0 Å². The topological polar surface area (TPSA) is 0 Å². The maximum atomic E-state index is 5.62. The largest absolute Gasteiger partial charge is 0.551 e. The van der Waals surface area contributed by atoms with Crippen LogP contribution in [0.15, 0.2) is 17.5 Å². The van der Waals surface area contributed by atoms with Gasteiger partial charge in [0.05, 0.1) is 0 Å². The molecule has 0 aromatic carbocycles. The van der Waals surface area contributed by atoms with Gasteiger partial charge in [0.25, 0.3) is 0 Å². The first kappa shape index (κ1) is 5.89. The molecule has 0 amide bonds. The molecule has 34 valence electrons.